The molecule has 0 saturated heterocycles. The summed E-state index contributed by atoms with van der Waals surface area (Å²) >= 11 is 1.09. The maximum Gasteiger partial charge on any atom is -0.109 e. The van der Waals surface area contributed by atoms with Crippen LogP contribution in [0.1, 0.15) is 86.9 Å². The van der Waals surface area contributed by atoms with Gasteiger partial charge in [0.2, 0.25) is 0 Å². The maximum atomic E-state index is 12.6. The number of aryl methyl sites for hydroxylation is 2. The SMILES string of the molecule is Cc1cc2[cH-]c3cc(C)c(C(C)(C)C)cc3c2cc1C(C)(C)C.FC(F)(F)c1cccc([C](=[Zr+2])c2ccccc2)c1.[C-]1=CC=CC1.[Cl-].[Cl-]. The van der Waals surface area contributed by atoms with Crippen molar-refractivity contribution in [3.63, 3.8) is 0 Å². The van der Waals surface area contributed by atoms with Crippen LogP contribution >= 0.6 is 0 Å². The van der Waals surface area contributed by atoms with Crippen LogP contribution in [0.3, 0.4) is 0 Å². The molecule has 0 aromatic heterocycles. The Morgan fingerprint density at radius 1 is 0.688 bits per heavy atom. The van der Waals surface area contributed by atoms with E-state index in [1.807, 2.05) is 42.5 Å². The van der Waals surface area contributed by atoms with Crippen LogP contribution in [0.25, 0.3) is 21.5 Å². The van der Waals surface area contributed by atoms with Gasteiger partial charge in [-0.15, -0.1) is 46.2 Å². The molecule has 0 radical (unpaired) electrons. The molecule has 1 aliphatic carbocycles. The summed E-state index contributed by atoms with van der Waals surface area (Å²) in [7, 11) is 0. The van der Waals surface area contributed by atoms with Crippen molar-refractivity contribution in [1.82, 2.24) is 0 Å². The Morgan fingerprint density at radius 2 is 1.19 bits per heavy atom. The van der Waals surface area contributed by atoms with E-state index in [-0.39, 0.29) is 35.6 Å². The zero-order valence-corrected chi connectivity index (χ0v) is 32.9. The van der Waals surface area contributed by atoms with Gasteiger partial charge in [-0.1, -0.05) is 75.9 Å². The Kier molecular flexibility index (Phi) is 14.6. The van der Waals surface area contributed by atoms with Crippen molar-refractivity contribution in [2.45, 2.75) is 78.8 Å². The average molecular weight is 767 g/mol. The zero-order chi connectivity index (χ0) is 33.9. The molecule has 0 bridgehead atoms. The van der Waals surface area contributed by atoms with Crippen LogP contribution in [0, 0.1) is 19.9 Å². The molecule has 252 valence electrons. The molecule has 6 rings (SSSR count). The number of rotatable bonds is 2. The maximum absolute atomic E-state index is 12.6. The minimum Gasteiger partial charge on any atom is -1.00 e. The van der Waals surface area contributed by atoms with Crippen molar-refractivity contribution in [3.8, 4) is 0 Å². The van der Waals surface area contributed by atoms with E-state index < -0.39 is 11.7 Å². The van der Waals surface area contributed by atoms with E-state index in [9.17, 15) is 13.2 Å². The van der Waals surface area contributed by atoms with Gasteiger partial charge >= 0.3 is 118 Å². The number of allylic oxidation sites excluding steroid dienone is 4. The summed E-state index contributed by atoms with van der Waals surface area (Å²) in [4.78, 5) is 0. The molecule has 0 N–H and O–H groups in total. The molecular weight excluding hydrogens is 724 g/mol. The molecule has 0 atom stereocenters. The van der Waals surface area contributed by atoms with Gasteiger partial charge in [0.15, 0.2) is 0 Å². The van der Waals surface area contributed by atoms with Crippen molar-refractivity contribution in [3.05, 3.63) is 148 Å². The van der Waals surface area contributed by atoms with Crippen molar-refractivity contribution in [2.24, 2.45) is 0 Å². The Bertz CT molecular complexity index is 1810. The minimum atomic E-state index is -4.29. The van der Waals surface area contributed by atoms with Crippen LogP contribution in [-0.2, 0) is 41.2 Å². The van der Waals surface area contributed by atoms with Crippen LogP contribution in [0.4, 0.5) is 13.2 Å². The van der Waals surface area contributed by atoms with Crippen LogP contribution in [-0.4, -0.2) is 3.21 Å². The second kappa shape index (κ2) is 16.8. The van der Waals surface area contributed by atoms with Gasteiger partial charge in [-0.3, -0.25) is 6.08 Å². The van der Waals surface area contributed by atoms with Gasteiger partial charge in [0.25, 0.3) is 0 Å². The summed E-state index contributed by atoms with van der Waals surface area (Å²) in [5.41, 5.74) is 7.06. The smallest absolute Gasteiger partial charge is 0.109 e. The molecule has 5 aromatic rings. The van der Waals surface area contributed by atoms with E-state index in [1.165, 1.54) is 55.9 Å². The summed E-state index contributed by atoms with van der Waals surface area (Å²) in [6.07, 6.45) is 5.71. The molecule has 48 heavy (non-hydrogen) atoms. The number of halogens is 5. The average Bonchev–Trinajstić information content (AvgIpc) is 3.67. The molecule has 0 saturated carbocycles. The first kappa shape index (κ1) is 41.5. The summed E-state index contributed by atoms with van der Waals surface area (Å²) in [5, 5.41) is 5.55. The molecule has 0 nitrogen and oxygen atoms in total. The molecule has 0 unspecified atom stereocenters. The molecule has 0 fully saturated rings. The number of fused-ring (bicyclic) bond motifs is 3. The fraction of sp³-hybridized carbons (Fsp3) is 0.286. The Balaban J connectivity index is 0.000000286. The van der Waals surface area contributed by atoms with Gasteiger partial charge < -0.3 is 24.8 Å². The fourth-order valence-corrected chi connectivity index (χ4v) is 6.70. The van der Waals surface area contributed by atoms with E-state index in [2.05, 4.69) is 97.9 Å². The van der Waals surface area contributed by atoms with Gasteiger partial charge in [0.05, 0.1) is 0 Å². The zero-order valence-electron chi connectivity index (χ0n) is 28.9. The van der Waals surface area contributed by atoms with Crippen molar-refractivity contribution < 1.29 is 62.2 Å². The standard InChI is InChI=1S/C23H29.C14H9F3.C5H5.2ClH.Zr/c1-14-9-16-11-17-10-15(2)21(23(6,7)8)13-19(17)18(16)12-20(14)22(3,4)5;15-14(16,17)13-8-4-7-12(10-13)9-11-5-2-1-3-6-11;1-2-4-5-3-1;;;/h9-13H,1-8H3;1-8,10H;1-3H,4H2;2*1H;/q-1;;-1;;;+2/p-2. The van der Waals surface area contributed by atoms with Crippen molar-refractivity contribution in [1.29, 1.82) is 0 Å². The third kappa shape index (κ3) is 10.4. The first-order chi connectivity index (χ1) is 21.5. The first-order valence-electron chi connectivity index (χ1n) is 15.7. The normalized spacial score (nSPS) is 12.4. The fourth-order valence-electron chi connectivity index (χ4n) is 5.91. The van der Waals surface area contributed by atoms with E-state index >= 15 is 0 Å². The van der Waals surface area contributed by atoms with E-state index in [4.69, 9.17) is 0 Å². The first-order valence-corrected chi connectivity index (χ1v) is 16.9. The molecule has 5 aromatic carbocycles. The predicted molar refractivity (Wildman–Crippen MR) is 187 cm³/mol. The summed E-state index contributed by atoms with van der Waals surface area (Å²) in [6.45, 7) is 18.3. The Labute approximate surface area is 312 Å². The quantitative estimate of drug-likeness (QED) is 0.192. The number of hydrogen-bond acceptors (Lipinski definition) is 0. The molecular formula is C42H43Cl2F3Zr-2. The van der Waals surface area contributed by atoms with Crippen LogP contribution in [0.15, 0.2) is 103 Å². The number of hydrogen-bond donors (Lipinski definition) is 0. The largest absolute Gasteiger partial charge is 1.00 e. The third-order valence-corrected chi connectivity index (χ3v) is 9.56. The number of benzene rings is 4. The van der Waals surface area contributed by atoms with E-state index in [0.29, 0.717) is 5.56 Å². The third-order valence-electron chi connectivity index (χ3n) is 8.14. The topological polar surface area (TPSA) is 0 Å². The molecule has 0 heterocycles. The molecule has 0 spiro atoms. The molecule has 6 heteroatoms. The van der Waals surface area contributed by atoms with Gasteiger partial charge in [-0.25, -0.2) is 12.2 Å². The van der Waals surface area contributed by atoms with Crippen molar-refractivity contribution >= 4 is 24.8 Å². The van der Waals surface area contributed by atoms with Crippen LogP contribution in [0.2, 0.25) is 0 Å². The van der Waals surface area contributed by atoms with Crippen LogP contribution in [0.5, 0.6) is 0 Å². The summed E-state index contributed by atoms with van der Waals surface area (Å²) < 4.78 is 38.8. The van der Waals surface area contributed by atoms with Gasteiger partial charge in [-0.2, -0.15) is 6.08 Å². The second-order valence-electron chi connectivity index (χ2n) is 14.0. The summed E-state index contributed by atoms with van der Waals surface area (Å²) in [5.74, 6) is 0. The van der Waals surface area contributed by atoms with Crippen molar-refractivity contribution in [2.75, 3.05) is 0 Å². The van der Waals surface area contributed by atoms with E-state index in [0.717, 1.165) is 45.5 Å². The minimum absolute atomic E-state index is 0. The number of alkyl halides is 3. The second-order valence-corrected chi connectivity index (χ2v) is 15.2. The Hall–Kier alpha value is -2.65. The van der Waals surface area contributed by atoms with Gasteiger partial charge in [-0.05, 0) is 24.7 Å². The Morgan fingerprint density at radius 3 is 1.58 bits per heavy atom. The monoisotopic (exact) mass is 764 g/mol. The van der Waals surface area contributed by atoms with Gasteiger partial charge in [0.1, 0.15) is 0 Å². The summed E-state index contributed by atoms with van der Waals surface area (Å²) in [6, 6.07) is 26.9. The molecule has 0 aliphatic heterocycles. The van der Waals surface area contributed by atoms with Crippen LogP contribution < -0.4 is 24.8 Å². The predicted octanol–water partition coefficient (Wildman–Crippen LogP) is 6.06. The van der Waals surface area contributed by atoms with E-state index in [1.54, 1.807) is 6.07 Å². The molecule has 1 aliphatic rings. The molecule has 0 amide bonds. The van der Waals surface area contributed by atoms with Gasteiger partial charge in [0, 0.05) is 0 Å².